The number of ketones is 1. The van der Waals surface area contributed by atoms with Gasteiger partial charge in [0.15, 0.2) is 0 Å². The SMILES string of the molecule is CCN1CCN(c2ccc3c(Oc4ccc(CC(=O)CCc5ccc(C)nc5)cc4)ncnc3c2)CC1. The number of pyridine rings is 1. The van der Waals surface area contributed by atoms with Gasteiger partial charge in [-0.15, -0.1) is 0 Å². The fraction of sp³-hybridized carbons (Fsp3) is 0.333. The molecule has 5 rings (SSSR count). The van der Waals surface area contributed by atoms with E-state index in [9.17, 15) is 4.79 Å². The maximum Gasteiger partial charge on any atom is 0.230 e. The number of piperazine rings is 1. The number of nitrogens with zero attached hydrogens (tertiary/aromatic N) is 5. The second-order valence-corrected chi connectivity index (χ2v) is 9.57. The third-order valence-corrected chi connectivity index (χ3v) is 6.97. The van der Waals surface area contributed by atoms with Crippen LogP contribution in [0.3, 0.4) is 0 Å². The van der Waals surface area contributed by atoms with Crippen LogP contribution in [0, 0.1) is 6.92 Å². The minimum Gasteiger partial charge on any atom is -0.438 e. The maximum absolute atomic E-state index is 12.5. The van der Waals surface area contributed by atoms with Crippen molar-refractivity contribution in [2.24, 2.45) is 0 Å². The molecule has 4 aromatic rings. The smallest absolute Gasteiger partial charge is 0.230 e. The van der Waals surface area contributed by atoms with Crippen LogP contribution in [-0.4, -0.2) is 58.4 Å². The van der Waals surface area contributed by atoms with Gasteiger partial charge in [-0.1, -0.05) is 25.1 Å². The second-order valence-electron chi connectivity index (χ2n) is 9.57. The van der Waals surface area contributed by atoms with E-state index in [-0.39, 0.29) is 5.78 Å². The Morgan fingerprint density at radius 3 is 2.43 bits per heavy atom. The molecule has 1 aliphatic rings. The van der Waals surface area contributed by atoms with E-state index in [1.807, 2.05) is 55.6 Å². The van der Waals surface area contributed by atoms with Gasteiger partial charge in [0.1, 0.15) is 17.9 Å². The molecule has 1 fully saturated rings. The molecule has 0 N–H and O–H groups in total. The molecule has 0 amide bonds. The molecule has 0 saturated carbocycles. The first-order valence-electron chi connectivity index (χ1n) is 13.0. The second kappa shape index (κ2) is 11.5. The van der Waals surface area contributed by atoms with E-state index in [2.05, 4.69) is 43.8 Å². The third-order valence-electron chi connectivity index (χ3n) is 6.97. The lowest BCUT2D eigenvalue weighted by Crippen LogP contribution is -2.46. The van der Waals surface area contributed by atoms with Gasteiger partial charge in [-0.05, 0) is 67.4 Å². The van der Waals surface area contributed by atoms with Gasteiger partial charge in [-0.2, -0.15) is 0 Å². The molecule has 2 aromatic carbocycles. The Bertz CT molecular complexity index is 1350. The highest BCUT2D eigenvalue weighted by Crippen LogP contribution is 2.30. The zero-order chi connectivity index (χ0) is 25.6. The summed E-state index contributed by atoms with van der Waals surface area (Å²) in [5.74, 6) is 1.42. The van der Waals surface area contributed by atoms with E-state index in [1.165, 1.54) is 5.69 Å². The first kappa shape index (κ1) is 24.8. The number of aromatic nitrogens is 3. The molecule has 0 aliphatic carbocycles. The predicted octanol–water partition coefficient (Wildman–Crippen LogP) is 5.01. The van der Waals surface area contributed by atoms with Crippen LogP contribution < -0.4 is 9.64 Å². The Balaban J connectivity index is 1.20. The third kappa shape index (κ3) is 6.30. The molecule has 0 spiro atoms. The molecular formula is C30H33N5O2. The molecule has 7 nitrogen and oxygen atoms in total. The fourth-order valence-corrected chi connectivity index (χ4v) is 4.65. The summed E-state index contributed by atoms with van der Waals surface area (Å²) < 4.78 is 6.12. The van der Waals surface area contributed by atoms with E-state index < -0.39 is 0 Å². The molecule has 2 aromatic heterocycles. The number of aryl methyl sites for hydroxylation is 2. The molecule has 0 atom stereocenters. The summed E-state index contributed by atoms with van der Waals surface area (Å²) >= 11 is 0. The number of hydrogen-bond donors (Lipinski definition) is 0. The van der Waals surface area contributed by atoms with Crippen molar-refractivity contribution in [2.45, 2.75) is 33.1 Å². The minimum atomic E-state index is 0.211. The number of likely N-dealkylation sites (N-methyl/N-ethyl adjacent to an activating group) is 1. The van der Waals surface area contributed by atoms with E-state index in [4.69, 9.17) is 4.74 Å². The molecule has 0 radical (unpaired) electrons. The zero-order valence-corrected chi connectivity index (χ0v) is 21.6. The quantitative estimate of drug-likeness (QED) is 0.323. The van der Waals surface area contributed by atoms with Gasteiger partial charge in [-0.25, -0.2) is 9.97 Å². The van der Waals surface area contributed by atoms with E-state index in [1.54, 1.807) is 6.33 Å². The monoisotopic (exact) mass is 495 g/mol. The van der Waals surface area contributed by atoms with Crippen LogP contribution in [0.4, 0.5) is 5.69 Å². The van der Waals surface area contributed by atoms with Gasteiger partial charge in [0.05, 0.1) is 10.9 Å². The van der Waals surface area contributed by atoms with Crippen molar-refractivity contribution in [1.29, 1.82) is 0 Å². The molecular weight excluding hydrogens is 462 g/mol. The van der Waals surface area contributed by atoms with E-state index in [0.717, 1.165) is 60.4 Å². The van der Waals surface area contributed by atoms with Crippen LogP contribution in [0.1, 0.15) is 30.2 Å². The van der Waals surface area contributed by atoms with Crippen LogP contribution in [0.25, 0.3) is 10.9 Å². The average Bonchev–Trinajstić information content (AvgIpc) is 2.94. The normalized spacial score (nSPS) is 14.2. The van der Waals surface area contributed by atoms with E-state index in [0.29, 0.717) is 30.9 Å². The van der Waals surface area contributed by atoms with E-state index >= 15 is 0 Å². The number of rotatable bonds is 9. The number of benzene rings is 2. The van der Waals surface area contributed by atoms with Gasteiger partial charge < -0.3 is 14.5 Å². The van der Waals surface area contributed by atoms with Crippen LogP contribution in [-0.2, 0) is 17.6 Å². The molecule has 0 unspecified atom stereocenters. The van der Waals surface area contributed by atoms with Gasteiger partial charge in [0, 0.05) is 56.6 Å². The minimum absolute atomic E-state index is 0.211. The number of anilines is 1. The van der Waals surface area contributed by atoms with Crippen LogP contribution in [0.2, 0.25) is 0 Å². The lowest BCUT2D eigenvalue weighted by atomic mass is 10.0. The molecule has 7 heteroatoms. The van der Waals surface area contributed by atoms with Crippen LogP contribution in [0.15, 0.2) is 67.1 Å². The Kier molecular flexibility index (Phi) is 7.70. The molecule has 1 aliphatic heterocycles. The number of Topliss-reactive ketones (excluding diaryl/α,β-unsaturated/α-hetero) is 1. The van der Waals surface area contributed by atoms with Crippen molar-refractivity contribution in [1.82, 2.24) is 19.9 Å². The zero-order valence-electron chi connectivity index (χ0n) is 21.6. The van der Waals surface area contributed by atoms with Gasteiger partial charge in [0.2, 0.25) is 5.88 Å². The van der Waals surface area contributed by atoms with Crippen molar-refractivity contribution in [3.63, 3.8) is 0 Å². The maximum atomic E-state index is 12.5. The molecule has 37 heavy (non-hydrogen) atoms. The Labute approximate surface area is 218 Å². The van der Waals surface area contributed by atoms with Gasteiger partial charge in [-0.3, -0.25) is 9.78 Å². The average molecular weight is 496 g/mol. The first-order valence-corrected chi connectivity index (χ1v) is 13.0. The van der Waals surface area contributed by atoms with Crippen molar-refractivity contribution < 1.29 is 9.53 Å². The topological polar surface area (TPSA) is 71.5 Å². The summed E-state index contributed by atoms with van der Waals surface area (Å²) in [6.07, 6.45) is 5.02. The molecule has 190 valence electrons. The standard InChI is InChI=1S/C30H33N5O2/c1-3-34-14-16-35(17-15-34)25-9-13-28-29(19-25)32-21-33-30(28)37-27-11-7-23(8-12-27)18-26(36)10-6-24-5-4-22(2)31-20-24/h4-5,7-9,11-13,19-21H,3,6,10,14-18H2,1-2H3. The first-order chi connectivity index (χ1) is 18.1. The number of ether oxygens (including phenoxy) is 1. The molecule has 3 heterocycles. The van der Waals surface area contributed by atoms with Gasteiger partial charge in [0.25, 0.3) is 0 Å². The highest BCUT2D eigenvalue weighted by Gasteiger charge is 2.17. The molecule has 1 saturated heterocycles. The lowest BCUT2D eigenvalue weighted by Gasteiger charge is -2.35. The van der Waals surface area contributed by atoms with Crippen molar-refractivity contribution >= 4 is 22.4 Å². The van der Waals surface area contributed by atoms with Crippen LogP contribution in [0.5, 0.6) is 11.6 Å². The highest BCUT2D eigenvalue weighted by molar-refractivity contribution is 5.86. The number of fused-ring (bicyclic) bond motifs is 1. The Hall–Kier alpha value is -3.84. The highest BCUT2D eigenvalue weighted by atomic mass is 16.5. The van der Waals surface area contributed by atoms with Crippen molar-refractivity contribution in [2.75, 3.05) is 37.6 Å². The molecule has 0 bridgehead atoms. The fourth-order valence-electron chi connectivity index (χ4n) is 4.65. The summed E-state index contributed by atoms with van der Waals surface area (Å²) in [6.45, 7) is 9.47. The summed E-state index contributed by atoms with van der Waals surface area (Å²) in [4.78, 5) is 30.5. The predicted molar refractivity (Wildman–Crippen MR) is 146 cm³/mol. The summed E-state index contributed by atoms with van der Waals surface area (Å²) in [6, 6.07) is 18.0. The number of carbonyl (C=O) groups is 1. The largest absolute Gasteiger partial charge is 0.438 e. The summed E-state index contributed by atoms with van der Waals surface area (Å²) in [7, 11) is 0. The van der Waals surface area contributed by atoms with Crippen molar-refractivity contribution in [3.8, 4) is 11.6 Å². The number of carbonyl (C=O) groups excluding carboxylic acids is 1. The van der Waals surface area contributed by atoms with Gasteiger partial charge >= 0.3 is 0 Å². The van der Waals surface area contributed by atoms with Crippen molar-refractivity contribution in [3.05, 3.63) is 83.9 Å². The Morgan fingerprint density at radius 2 is 1.70 bits per heavy atom. The summed E-state index contributed by atoms with van der Waals surface area (Å²) in [5.41, 5.74) is 5.09. The Morgan fingerprint density at radius 1 is 0.919 bits per heavy atom. The number of hydrogen-bond acceptors (Lipinski definition) is 7. The lowest BCUT2D eigenvalue weighted by molar-refractivity contribution is -0.118. The summed E-state index contributed by atoms with van der Waals surface area (Å²) in [5, 5.41) is 0.878. The van der Waals surface area contributed by atoms with Crippen LogP contribution >= 0.6 is 0 Å².